The molecule has 0 heterocycles. The van der Waals surface area contributed by atoms with Crippen LogP contribution in [-0.2, 0) is 19.6 Å². The predicted molar refractivity (Wildman–Crippen MR) is 106 cm³/mol. The molecule has 0 saturated heterocycles. The summed E-state index contributed by atoms with van der Waals surface area (Å²) in [6.07, 6.45) is 0.745. The minimum atomic E-state index is -6.63. The van der Waals surface area contributed by atoms with Gasteiger partial charge in [-0.3, -0.25) is 4.79 Å². The molecule has 4 saturated carbocycles. The first-order valence-corrected chi connectivity index (χ1v) is 12.3. The van der Waals surface area contributed by atoms with E-state index in [1.165, 1.54) is 0 Å². The Hall–Kier alpha value is -0.980. The van der Waals surface area contributed by atoms with Crippen molar-refractivity contribution < 1.29 is 50.3 Å². The summed E-state index contributed by atoms with van der Waals surface area (Å²) in [7, 11) is -6.63. The van der Waals surface area contributed by atoms with Gasteiger partial charge in [0.25, 0.3) is 0 Å². The van der Waals surface area contributed by atoms with E-state index in [0.717, 1.165) is 6.42 Å². The molecule has 4 fully saturated rings. The molecule has 0 aliphatic heterocycles. The molecule has 12 heteroatoms. The summed E-state index contributed by atoms with van der Waals surface area (Å²) < 4.78 is 90.7. The summed E-state index contributed by atoms with van der Waals surface area (Å²) in [5.41, 5.74) is -4.04. The molecule has 192 valence electrons. The van der Waals surface area contributed by atoms with Crippen LogP contribution < -0.4 is 0 Å². The van der Waals surface area contributed by atoms with Crippen molar-refractivity contribution >= 4 is 16.1 Å². The minimum absolute atomic E-state index is 0.143. The standard InChI is InChI=1S/C21H32F4O7S/c1-16(2,27)18-8-12-7-13(10-18)14(19(9-12,11-18)17(3,4)28)15(26)32-6-5-20(22,23)21(24,25)33(29,30)31/h12-14,27-28H,5-11H2,1-4H3,(H,29,30,31)/p-1. The molecule has 7 nitrogen and oxygen atoms in total. The minimum Gasteiger partial charge on any atom is -0.743 e. The second-order valence-corrected chi connectivity index (χ2v) is 12.7. The molecule has 5 atom stereocenters. The molecule has 0 amide bonds. The largest absolute Gasteiger partial charge is 0.743 e. The van der Waals surface area contributed by atoms with Gasteiger partial charge < -0.3 is 19.5 Å². The average Bonchev–Trinajstić information content (AvgIpc) is 2.57. The van der Waals surface area contributed by atoms with Gasteiger partial charge in [0, 0.05) is 5.41 Å². The van der Waals surface area contributed by atoms with Crippen molar-refractivity contribution in [3.05, 3.63) is 0 Å². The molecule has 0 spiro atoms. The monoisotopic (exact) mass is 503 g/mol. The van der Waals surface area contributed by atoms with E-state index < -0.39 is 68.2 Å². The van der Waals surface area contributed by atoms with E-state index in [4.69, 9.17) is 4.74 Å². The molecular weight excluding hydrogens is 472 g/mol. The summed E-state index contributed by atoms with van der Waals surface area (Å²) >= 11 is 0. The van der Waals surface area contributed by atoms with Crippen molar-refractivity contribution in [3.63, 3.8) is 0 Å². The molecule has 4 aliphatic carbocycles. The fourth-order valence-electron chi connectivity index (χ4n) is 6.84. The van der Waals surface area contributed by atoms with E-state index in [9.17, 15) is 45.5 Å². The maximum Gasteiger partial charge on any atom is 0.396 e. The van der Waals surface area contributed by atoms with Crippen molar-refractivity contribution in [2.75, 3.05) is 6.61 Å². The van der Waals surface area contributed by atoms with E-state index in [0.29, 0.717) is 25.7 Å². The first kappa shape index (κ1) is 26.6. The molecular formula is C21H31F4O7S-. The summed E-state index contributed by atoms with van der Waals surface area (Å²) in [6, 6.07) is 0. The zero-order valence-electron chi connectivity index (χ0n) is 19.0. The van der Waals surface area contributed by atoms with Gasteiger partial charge in [0.05, 0.1) is 30.1 Å². The lowest BCUT2D eigenvalue weighted by molar-refractivity contribution is -0.266. The molecule has 4 bridgehead atoms. The average molecular weight is 504 g/mol. The van der Waals surface area contributed by atoms with Gasteiger partial charge in [-0.15, -0.1) is 0 Å². The first-order chi connectivity index (χ1) is 14.6. The SMILES string of the molecule is CC(C)(O)C12CC3CC(C1)C(C(=O)OCCC(F)(F)C(F)(F)S(=O)(=O)[O-])C(C(C)(C)O)(C3)C2. The van der Waals surface area contributed by atoms with Gasteiger partial charge in [0.1, 0.15) is 0 Å². The smallest absolute Gasteiger partial charge is 0.396 e. The topological polar surface area (TPSA) is 124 Å². The molecule has 33 heavy (non-hydrogen) atoms. The van der Waals surface area contributed by atoms with Crippen LogP contribution in [0.5, 0.6) is 0 Å². The molecule has 5 unspecified atom stereocenters. The van der Waals surface area contributed by atoms with E-state index in [-0.39, 0.29) is 11.8 Å². The summed E-state index contributed by atoms with van der Waals surface area (Å²) in [5, 5.41) is 16.2. The molecule has 2 N–H and O–H groups in total. The van der Waals surface area contributed by atoms with Crippen LogP contribution in [0.2, 0.25) is 0 Å². The number of hydrogen-bond acceptors (Lipinski definition) is 7. The number of halogens is 4. The maximum atomic E-state index is 13.7. The van der Waals surface area contributed by atoms with Crippen molar-refractivity contribution in [3.8, 4) is 0 Å². The highest BCUT2D eigenvalue weighted by atomic mass is 32.2. The van der Waals surface area contributed by atoms with Crippen LogP contribution in [0.25, 0.3) is 0 Å². The Bertz CT molecular complexity index is 909. The van der Waals surface area contributed by atoms with Crippen LogP contribution in [0.3, 0.4) is 0 Å². The van der Waals surface area contributed by atoms with Crippen LogP contribution in [-0.4, -0.2) is 58.1 Å². The zero-order valence-corrected chi connectivity index (χ0v) is 19.9. The molecule has 4 rings (SSSR count). The van der Waals surface area contributed by atoms with Crippen molar-refractivity contribution in [2.45, 2.75) is 88.6 Å². The second-order valence-electron chi connectivity index (χ2n) is 11.3. The number of aliphatic hydroxyl groups is 2. The van der Waals surface area contributed by atoms with Crippen molar-refractivity contribution in [2.24, 2.45) is 28.6 Å². The molecule has 0 radical (unpaired) electrons. The second kappa shape index (κ2) is 7.51. The third kappa shape index (κ3) is 3.98. The number of ether oxygens (including phenoxy) is 1. The Morgan fingerprint density at radius 1 is 1.06 bits per heavy atom. The summed E-state index contributed by atoms with van der Waals surface area (Å²) in [5.74, 6) is -7.22. The van der Waals surface area contributed by atoms with Gasteiger partial charge in [0.2, 0.25) is 0 Å². The third-order valence-electron chi connectivity index (χ3n) is 8.51. The van der Waals surface area contributed by atoms with Crippen LogP contribution in [0.4, 0.5) is 17.6 Å². The maximum absolute atomic E-state index is 13.7. The van der Waals surface area contributed by atoms with Crippen LogP contribution in [0, 0.1) is 28.6 Å². The highest BCUT2D eigenvalue weighted by Gasteiger charge is 2.71. The zero-order chi connectivity index (χ0) is 25.5. The Kier molecular flexibility index (Phi) is 6.06. The molecule has 4 aliphatic rings. The van der Waals surface area contributed by atoms with Crippen LogP contribution in [0.1, 0.15) is 66.2 Å². The van der Waals surface area contributed by atoms with Gasteiger partial charge in [-0.25, -0.2) is 8.42 Å². The van der Waals surface area contributed by atoms with E-state index in [2.05, 4.69) is 0 Å². The normalized spacial score (nSPS) is 35.1. The van der Waals surface area contributed by atoms with Gasteiger partial charge >= 0.3 is 17.1 Å². The number of esters is 1. The number of alkyl halides is 4. The van der Waals surface area contributed by atoms with Crippen molar-refractivity contribution in [1.82, 2.24) is 0 Å². The van der Waals surface area contributed by atoms with Gasteiger partial charge in [-0.05, 0) is 77.0 Å². The van der Waals surface area contributed by atoms with E-state index >= 15 is 0 Å². The fourth-order valence-corrected chi connectivity index (χ4v) is 7.31. The van der Waals surface area contributed by atoms with Gasteiger partial charge in [-0.2, -0.15) is 17.6 Å². The van der Waals surface area contributed by atoms with Crippen LogP contribution in [0.15, 0.2) is 0 Å². The number of rotatable bonds is 8. The fraction of sp³-hybridized carbons (Fsp3) is 0.952. The molecule has 0 aromatic heterocycles. The lowest BCUT2D eigenvalue weighted by Gasteiger charge is -2.70. The third-order valence-corrected chi connectivity index (χ3v) is 9.44. The van der Waals surface area contributed by atoms with Gasteiger partial charge in [0.15, 0.2) is 10.1 Å². The first-order valence-electron chi connectivity index (χ1n) is 10.9. The predicted octanol–water partition coefficient (Wildman–Crippen LogP) is 3.05. The molecule has 0 aromatic rings. The lowest BCUT2D eigenvalue weighted by Crippen LogP contribution is -2.69. The summed E-state index contributed by atoms with van der Waals surface area (Å²) in [6.45, 7) is 5.26. The highest BCUT2D eigenvalue weighted by molar-refractivity contribution is 7.86. The summed E-state index contributed by atoms with van der Waals surface area (Å²) in [4.78, 5) is 13.1. The molecule has 0 aromatic carbocycles. The Morgan fingerprint density at radius 3 is 2.12 bits per heavy atom. The number of carbonyl (C=O) groups excluding carboxylic acids is 1. The number of carbonyl (C=O) groups is 1. The number of hydrogen-bond donors (Lipinski definition) is 2. The Balaban J connectivity index is 1.83. The lowest BCUT2D eigenvalue weighted by atomic mass is 9.35. The Labute approximate surface area is 190 Å². The van der Waals surface area contributed by atoms with E-state index in [1.54, 1.807) is 27.7 Å². The van der Waals surface area contributed by atoms with Crippen molar-refractivity contribution in [1.29, 1.82) is 0 Å². The highest BCUT2D eigenvalue weighted by Crippen LogP contribution is 2.72. The quantitative estimate of drug-likeness (QED) is 0.296. The Morgan fingerprint density at radius 2 is 1.64 bits per heavy atom. The van der Waals surface area contributed by atoms with Gasteiger partial charge in [-0.1, -0.05) is 0 Å². The van der Waals surface area contributed by atoms with Crippen LogP contribution >= 0.6 is 0 Å². The van der Waals surface area contributed by atoms with E-state index in [1.807, 2.05) is 0 Å².